The maximum atomic E-state index is 4.68. The van der Waals surface area contributed by atoms with Crippen LogP contribution in [0.3, 0.4) is 0 Å². The zero-order valence-electron chi connectivity index (χ0n) is 12.4. The fourth-order valence-corrected chi connectivity index (χ4v) is 3.63. The van der Waals surface area contributed by atoms with Crippen LogP contribution in [0.5, 0.6) is 0 Å². The highest BCUT2D eigenvalue weighted by Crippen LogP contribution is 2.44. The summed E-state index contributed by atoms with van der Waals surface area (Å²) in [5.41, 5.74) is 2.93. The molecule has 3 rings (SSSR count). The second kappa shape index (κ2) is 5.16. The highest BCUT2D eigenvalue weighted by molar-refractivity contribution is 5.53. The van der Waals surface area contributed by atoms with E-state index in [4.69, 9.17) is 0 Å². The fraction of sp³-hybridized carbons (Fsp3) is 0.800. The van der Waals surface area contributed by atoms with E-state index in [1.54, 1.807) is 0 Å². The second-order valence-corrected chi connectivity index (χ2v) is 6.44. The van der Waals surface area contributed by atoms with Gasteiger partial charge in [0.05, 0.1) is 0 Å². The molecule has 2 heterocycles. The summed E-state index contributed by atoms with van der Waals surface area (Å²) in [7, 11) is 0. The molecule has 1 aromatic rings. The molecule has 1 saturated heterocycles. The van der Waals surface area contributed by atoms with Gasteiger partial charge in [-0.3, -0.25) is 5.10 Å². The number of nitrogens with zero attached hydrogens (tertiary/aromatic N) is 2. The van der Waals surface area contributed by atoms with Gasteiger partial charge in [0.2, 0.25) is 0 Å². The van der Waals surface area contributed by atoms with E-state index in [9.17, 15) is 0 Å². The van der Waals surface area contributed by atoms with Crippen LogP contribution >= 0.6 is 0 Å². The van der Waals surface area contributed by atoms with E-state index >= 15 is 0 Å². The molecule has 0 radical (unpaired) electrons. The lowest BCUT2D eigenvalue weighted by Gasteiger charge is -2.33. The van der Waals surface area contributed by atoms with Crippen LogP contribution in [0.1, 0.15) is 56.7 Å². The first-order valence-corrected chi connectivity index (χ1v) is 7.72. The Hall–Kier alpha value is -1.03. The molecule has 0 saturated carbocycles. The van der Waals surface area contributed by atoms with Gasteiger partial charge in [0.1, 0.15) is 0 Å². The number of hydrogen-bond donors (Lipinski definition) is 2. The number of fused-ring (bicyclic) bond motifs is 1. The van der Waals surface area contributed by atoms with E-state index in [-0.39, 0.29) is 0 Å². The number of piperazine rings is 1. The van der Waals surface area contributed by atoms with Crippen molar-refractivity contribution in [3.8, 4) is 0 Å². The molecule has 4 nitrogen and oxygen atoms in total. The molecule has 2 unspecified atom stereocenters. The number of anilines is 1. The molecule has 2 N–H and O–H groups in total. The zero-order valence-corrected chi connectivity index (χ0v) is 12.4. The molecule has 0 spiro atoms. The molecule has 2 aliphatic rings. The van der Waals surface area contributed by atoms with Crippen LogP contribution in [0, 0.1) is 5.92 Å². The topological polar surface area (TPSA) is 44.0 Å². The van der Waals surface area contributed by atoms with Crippen LogP contribution in [0.25, 0.3) is 0 Å². The highest BCUT2D eigenvalue weighted by atomic mass is 15.3. The van der Waals surface area contributed by atoms with Crippen LogP contribution in [0.2, 0.25) is 0 Å². The molecule has 0 bridgehead atoms. The minimum Gasteiger partial charge on any atom is -0.352 e. The Morgan fingerprint density at radius 1 is 1.21 bits per heavy atom. The summed E-state index contributed by atoms with van der Waals surface area (Å²) in [4.78, 5) is 2.45. The first kappa shape index (κ1) is 13.0. The molecule has 106 valence electrons. The summed E-state index contributed by atoms with van der Waals surface area (Å²) in [6.07, 6.45) is 2.60. The summed E-state index contributed by atoms with van der Waals surface area (Å²) in [5.74, 6) is 3.24. The van der Waals surface area contributed by atoms with E-state index < -0.39 is 0 Å². The van der Waals surface area contributed by atoms with Crippen molar-refractivity contribution in [2.24, 2.45) is 5.92 Å². The van der Waals surface area contributed by atoms with Gasteiger partial charge in [-0.15, -0.1) is 0 Å². The second-order valence-electron chi connectivity index (χ2n) is 6.44. The number of rotatable bonds is 2. The molecule has 0 amide bonds. The van der Waals surface area contributed by atoms with Crippen LogP contribution in [0.4, 0.5) is 5.82 Å². The molecule has 2 atom stereocenters. The predicted octanol–water partition coefficient (Wildman–Crippen LogP) is 2.46. The van der Waals surface area contributed by atoms with Crippen molar-refractivity contribution in [3.63, 3.8) is 0 Å². The SMILES string of the molecule is CC1CCC(C(C)C)c2[nH]nc(N3CCNCC3)c21. The quantitative estimate of drug-likeness (QED) is 0.860. The molecule has 4 heteroatoms. The van der Waals surface area contributed by atoms with E-state index in [1.165, 1.54) is 29.9 Å². The number of aromatic nitrogens is 2. The Bertz CT molecular complexity index is 431. The highest BCUT2D eigenvalue weighted by Gasteiger charge is 2.33. The van der Waals surface area contributed by atoms with Gasteiger partial charge in [-0.1, -0.05) is 20.8 Å². The van der Waals surface area contributed by atoms with Crippen LogP contribution < -0.4 is 10.2 Å². The summed E-state index contributed by atoms with van der Waals surface area (Å²) in [6, 6.07) is 0. The van der Waals surface area contributed by atoms with E-state index in [2.05, 4.69) is 41.2 Å². The van der Waals surface area contributed by atoms with Gasteiger partial charge >= 0.3 is 0 Å². The fourth-order valence-electron chi connectivity index (χ4n) is 3.63. The van der Waals surface area contributed by atoms with Gasteiger partial charge in [-0.25, -0.2) is 0 Å². The molecule has 1 aromatic heterocycles. The van der Waals surface area contributed by atoms with Gasteiger partial charge in [-0.2, -0.15) is 5.10 Å². The molecular weight excluding hydrogens is 236 g/mol. The summed E-state index contributed by atoms with van der Waals surface area (Å²) in [6.45, 7) is 11.3. The monoisotopic (exact) mass is 262 g/mol. The first-order valence-electron chi connectivity index (χ1n) is 7.72. The lowest BCUT2D eigenvalue weighted by atomic mass is 9.76. The lowest BCUT2D eigenvalue weighted by molar-refractivity contribution is 0.403. The Kier molecular flexibility index (Phi) is 3.52. The number of nitrogens with one attached hydrogen (secondary N) is 2. The van der Waals surface area contributed by atoms with Gasteiger partial charge < -0.3 is 10.2 Å². The average molecular weight is 262 g/mol. The Morgan fingerprint density at radius 3 is 2.63 bits per heavy atom. The third kappa shape index (κ3) is 2.27. The standard InChI is InChI=1S/C15H26N4/c1-10(2)12-5-4-11(3)13-14(12)17-18-15(13)19-8-6-16-7-9-19/h10-12,16H,4-9H2,1-3H3,(H,17,18). The Labute approximate surface area is 116 Å². The van der Waals surface area contributed by atoms with Crippen molar-refractivity contribution in [1.82, 2.24) is 15.5 Å². The predicted molar refractivity (Wildman–Crippen MR) is 78.9 cm³/mol. The van der Waals surface area contributed by atoms with Gasteiger partial charge in [-0.05, 0) is 24.7 Å². The Morgan fingerprint density at radius 2 is 1.95 bits per heavy atom. The van der Waals surface area contributed by atoms with Crippen LogP contribution in [0.15, 0.2) is 0 Å². The minimum absolute atomic E-state index is 0.647. The summed E-state index contributed by atoms with van der Waals surface area (Å²) < 4.78 is 0. The van der Waals surface area contributed by atoms with Crippen molar-refractivity contribution < 1.29 is 0 Å². The maximum absolute atomic E-state index is 4.68. The molecule has 0 aromatic carbocycles. The lowest BCUT2D eigenvalue weighted by Crippen LogP contribution is -2.44. The van der Waals surface area contributed by atoms with E-state index in [0.717, 1.165) is 26.2 Å². The Balaban J connectivity index is 1.95. The first-order chi connectivity index (χ1) is 9.18. The van der Waals surface area contributed by atoms with Gasteiger partial charge in [0, 0.05) is 43.4 Å². The third-order valence-electron chi connectivity index (χ3n) is 4.81. The molecule has 1 aliphatic heterocycles. The number of H-pyrrole nitrogens is 1. The van der Waals surface area contributed by atoms with Crippen LogP contribution in [-0.4, -0.2) is 36.4 Å². The molecule has 1 aliphatic carbocycles. The van der Waals surface area contributed by atoms with Crippen LogP contribution in [-0.2, 0) is 0 Å². The van der Waals surface area contributed by atoms with E-state index in [0.29, 0.717) is 17.8 Å². The minimum atomic E-state index is 0.647. The molecular formula is C15H26N4. The van der Waals surface area contributed by atoms with Crippen molar-refractivity contribution >= 4 is 5.82 Å². The number of hydrogen-bond acceptors (Lipinski definition) is 3. The van der Waals surface area contributed by atoms with Crippen molar-refractivity contribution in [2.45, 2.75) is 45.4 Å². The van der Waals surface area contributed by atoms with Crippen molar-refractivity contribution in [3.05, 3.63) is 11.3 Å². The smallest absolute Gasteiger partial charge is 0.154 e. The van der Waals surface area contributed by atoms with Gasteiger partial charge in [0.15, 0.2) is 5.82 Å². The normalized spacial score (nSPS) is 27.7. The number of aromatic amines is 1. The zero-order chi connectivity index (χ0) is 13.4. The van der Waals surface area contributed by atoms with E-state index in [1.807, 2.05) is 0 Å². The van der Waals surface area contributed by atoms with Gasteiger partial charge in [0.25, 0.3) is 0 Å². The largest absolute Gasteiger partial charge is 0.352 e. The van der Waals surface area contributed by atoms with Crippen molar-refractivity contribution in [1.29, 1.82) is 0 Å². The maximum Gasteiger partial charge on any atom is 0.154 e. The summed E-state index contributed by atoms with van der Waals surface area (Å²) >= 11 is 0. The third-order valence-corrected chi connectivity index (χ3v) is 4.81. The summed E-state index contributed by atoms with van der Waals surface area (Å²) in [5, 5.41) is 11.5. The molecule has 19 heavy (non-hydrogen) atoms. The molecule has 1 fully saturated rings. The van der Waals surface area contributed by atoms with Crippen molar-refractivity contribution in [2.75, 3.05) is 31.1 Å². The average Bonchev–Trinajstić information content (AvgIpc) is 2.85.